The molecule has 1 rings (SSSR count). The van der Waals surface area contributed by atoms with Crippen LogP contribution in [0.5, 0.6) is 0 Å². The summed E-state index contributed by atoms with van der Waals surface area (Å²) in [6.45, 7) is 2.06. The molecule has 0 spiro atoms. The number of hydrogen-bond acceptors (Lipinski definition) is 0. The molecule has 8 heavy (non-hydrogen) atoms. The average molecular weight is 114 g/mol. The third kappa shape index (κ3) is 1.32. The molecule has 0 heterocycles. The highest BCUT2D eigenvalue weighted by molar-refractivity contribution is 5.02. The second-order valence-electron chi connectivity index (χ2n) is 2.42. The molecule has 0 saturated carbocycles. The van der Waals surface area contributed by atoms with E-state index in [2.05, 4.69) is 6.92 Å². The predicted molar refractivity (Wildman–Crippen MR) is 32.5 cm³/mol. The molecule has 0 bridgehead atoms. The molecule has 0 fully saturated rings. The minimum atomic E-state index is -0.557. The van der Waals surface area contributed by atoms with Gasteiger partial charge in [0.15, 0.2) is 0 Å². The van der Waals surface area contributed by atoms with Crippen LogP contribution in [0.25, 0.3) is 0 Å². The summed E-state index contributed by atoms with van der Waals surface area (Å²) in [5, 5.41) is 0. The van der Waals surface area contributed by atoms with Gasteiger partial charge in [-0.3, -0.25) is 0 Å². The zero-order chi connectivity index (χ0) is 5.98. The Morgan fingerprint density at radius 1 is 1.75 bits per heavy atom. The summed E-state index contributed by atoms with van der Waals surface area (Å²) in [6, 6.07) is 0. The SMILES string of the molecule is CC1=CC[C@H](F)CC1. The van der Waals surface area contributed by atoms with Crippen LogP contribution in [0.3, 0.4) is 0 Å². The molecule has 1 atom stereocenters. The van der Waals surface area contributed by atoms with Gasteiger partial charge < -0.3 is 0 Å². The van der Waals surface area contributed by atoms with Crippen molar-refractivity contribution in [2.75, 3.05) is 0 Å². The Morgan fingerprint density at radius 2 is 2.50 bits per heavy atom. The highest BCUT2D eigenvalue weighted by Gasteiger charge is 2.08. The van der Waals surface area contributed by atoms with Crippen LogP contribution in [0.2, 0.25) is 0 Å². The van der Waals surface area contributed by atoms with Gasteiger partial charge in [-0.05, 0) is 26.2 Å². The lowest BCUT2D eigenvalue weighted by Crippen LogP contribution is -2.03. The van der Waals surface area contributed by atoms with Gasteiger partial charge >= 0.3 is 0 Å². The van der Waals surface area contributed by atoms with E-state index in [-0.39, 0.29) is 0 Å². The Labute approximate surface area is 49.4 Å². The van der Waals surface area contributed by atoms with Crippen LogP contribution in [0.15, 0.2) is 11.6 Å². The summed E-state index contributed by atoms with van der Waals surface area (Å²) >= 11 is 0. The van der Waals surface area contributed by atoms with Crippen molar-refractivity contribution in [2.24, 2.45) is 0 Å². The fraction of sp³-hybridized carbons (Fsp3) is 0.714. The third-order valence-electron chi connectivity index (χ3n) is 1.57. The Morgan fingerprint density at radius 3 is 2.88 bits per heavy atom. The molecule has 1 heteroatoms. The summed E-state index contributed by atoms with van der Waals surface area (Å²) in [6.07, 6.45) is 3.78. The van der Waals surface area contributed by atoms with Gasteiger partial charge in [0.25, 0.3) is 0 Å². The standard InChI is InChI=1S/C7H11F/c1-6-2-4-7(8)5-3-6/h2,7H,3-5H2,1H3/t7-/m0/s1. The van der Waals surface area contributed by atoms with E-state index in [1.165, 1.54) is 5.57 Å². The van der Waals surface area contributed by atoms with Gasteiger partial charge in [0.05, 0.1) is 0 Å². The molecule has 0 radical (unpaired) electrons. The lowest BCUT2D eigenvalue weighted by molar-refractivity contribution is 0.307. The maximum Gasteiger partial charge on any atom is 0.104 e. The molecule has 0 unspecified atom stereocenters. The van der Waals surface area contributed by atoms with Gasteiger partial charge in [0, 0.05) is 0 Å². The number of alkyl halides is 1. The molecule has 0 amide bonds. The molecule has 0 saturated heterocycles. The first-order chi connectivity index (χ1) is 3.79. The molecule has 1 aliphatic rings. The third-order valence-corrected chi connectivity index (χ3v) is 1.57. The number of halogens is 1. The molecule has 0 aromatic rings. The summed E-state index contributed by atoms with van der Waals surface area (Å²) < 4.78 is 12.3. The van der Waals surface area contributed by atoms with Crippen molar-refractivity contribution < 1.29 is 4.39 Å². The van der Waals surface area contributed by atoms with Crippen molar-refractivity contribution >= 4 is 0 Å². The Hall–Kier alpha value is -0.330. The van der Waals surface area contributed by atoms with Gasteiger partial charge in [-0.1, -0.05) is 11.6 Å². The quantitative estimate of drug-likeness (QED) is 0.424. The Kier molecular flexibility index (Phi) is 1.66. The van der Waals surface area contributed by atoms with Gasteiger partial charge in [-0.2, -0.15) is 0 Å². The minimum absolute atomic E-state index is 0.557. The van der Waals surface area contributed by atoms with Gasteiger partial charge in [0.2, 0.25) is 0 Å². The predicted octanol–water partition coefficient (Wildman–Crippen LogP) is 2.45. The summed E-state index contributed by atoms with van der Waals surface area (Å²) in [5.41, 5.74) is 1.35. The summed E-state index contributed by atoms with van der Waals surface area (Å²) in [4.78, 5) is 0. The van der Waals surface area contributed by atoms with Crippen LogP contribution < -0.4 is 0 Å². The molecule has 0 aromatic carbocycles. The van der Waals surface area contributed by atoms with Crippen LogP contribution in [0.1, 0.15) is 26.2 Å². The highest BCUT2D eigenvalue weighted by Crippen LogP contribution is 2.19. The van der Waals surface area contributed by atoms with Crippen molar-refractivity contribution in [2.45, 2.75) is 32.4 Å². The first-order valence-corrected chi connectivity index (χ1v) is 3.09. The molecular formula is C7H11F. The summed E-state index contributed by atoms with van der Waals surface area (Å²) in [7, 11) is 0. The Balaban J connectivity index is 2.42. The number of hydrogen-bond donors (Lipinski definition) is 0. The van der Waals surface area contributed by atoms with Crippen LogP contribution >= 0.6 is 0 Å². The van der Waals surface area contributed by atoms with Crippen molar-refractivity contribution in [3.8, 4) is 0 Å². The topological polar surface area (TPSA) is 0 Å². The van der Waals surface area contributed by atoms with Crippen molar-refractivity contribution in [3.63, 3.8) is 0 Å². The zero-order valence-electron chi connectivity index (χ0n) is 5.15. The molecule has 46 valence electrons. The van der Waals surface area contributed by atoms with Gasteiger partial charge in [-0.25, -0.2) is 4.39 Å². The minimum Gasteiger partial charge on any atom is -0.247 e. The van der Waals surface area contributed by atoms with E-state index in [0.717, 1.165) is 12.8 Å². The molecule has 0 aliphatic heterocycles. The first-order valence-electron chi connectivity index (χ1n) is 3.09. The van der Waals surface area contributed by atoms with Crippen LogP contribution in [-0.4, -0.2) is 6.17 Å². The maximum atomic E-state index is 12.3. The fourth-order valence-corrected chi connectivity index (χ4v) is 0.933. The van der Waals surface area contributed by atoms with E-state index in [4.69, 9.17) is 0 Å². The lowest BCUT2D eigenvalue weighted by atomic mass is 10.00. The van der Waals surface area contributed by atoms with Gasteiger partial charge in [0.1, 0.15) is 6.17 Å². The summed E-state index contributed by atoms with van der Waals surface area (Å²) in [5.74, 6) is 0. The van der Waals surface area contributed by atoms with Crippen LogP contribution in [-0.2, 0) is 0 Å². The number of rotatable bonds is 0. The molecule has 0 aromatic heterocycles. The highest BCUT2D eigenvalue weighted by atomic mass is 19.1. The largest absolute Gasteiger partial charge is 0.247 e. The zero-order valence-corrected chi connectivity index (χ0v) is 5.15. The monoisotopic (exact) mass is 114 g/mol. The van der Waals surface area contributed by atoms with Crippen LogP contribution in [0, 0.1) is 0 Å². The van der Waals surface area contributed by atoms with E-state index < -0.39 is 6.17 Å². The Bertz CT molecular complexity index is 105. The van der Waals surface area contributed by atoms with Crippen molar-refractivity contribution in [1.82, 2.24) is 0 Å². The average Bonchev–Trinajstić information content (AvgIpc) is 1.77. The van der Waals surface area contributed by atoms with Crippen molar-refractivity contribution in [3.05, 3.63) is 11.6 Å². The maximum absolute atomic E-state index is 12.3. The first kappa shape index (κ1) is 5.80. The van der Waals surface area contributed by atoms with Crippen LogP contribution in [0.4, 0.5) is 4.39 Å². The van der Waals surface area contributed by atoms with Gasteiger partial charge in [-0.15, -0.1) is 0 Å². The van der Waals surface area contributed by atoms with E-state index in [1.54, 1.807) is 0 Å². The fourth-order valence-electron chi connectivity index (χ4n) is 0.933. The lowest BCUT2D eigenvalue weighted by Gasteiger charge is -2.11. The number of allylic oxidation sites excluding steroid dienone is 2. The van der Waals surface area contributed by atoms with E-state index in [9.17, 15) is 4.39 Å². The van der Waals surface area contributed by atoms with E-state index in [1.807, 2.05) is 6.08 Å². The van der Waals surface area contributed by atoms with E-state index >= 15 is 0 Å². The van der Waals surface area contributed by atoms with E-state index in [0.29, 0.717) is 6.42 Å². The molecule has 0 N–H and O–H groups in total. The molecule has 1 aliphatic carbocycles. The smallest absolute Gasteiger partial charge is 0.104 e. The second-order valence-corrected chi connectivity index (χ2v) is 2.42. The molecular weight excluding hydrogens is 103 g/mol. The van der Waals surface area contributed by atoms with Crippen molar-refractivity contribution in [1.29, 1.82) is 0 Å². The normalized spacial score (nSPS) is 29.8. The second kappa shape index (κ2) is 2.29. The molecule has 0 nitrogen and oxygen atoms in total.